The number of allylic oxidation sites excluding steroid dienone is 1. The highest BCUT2D eigenvalue weighted by molar-refractivity contribution is 14.1. The predicted molar refractivity (Wildman–Crippen MR) is 206 cm³/mol. The lowest BCUT2D eigenvalue weighted by Gasteiger charge is -2.25. The minimum atomic E-state index is -0.866. The van der Waals surface area contributed by atoms with Gasteiger partial charge in [0, 0.05) is 3.57 Å². The molecule has 0 aliphatic carbocycles. The second-order valence-corrected chi connectivity index (χ2v) is 14.8. The number of aromatic nitrogens is 1. The van der Waals surface area contributed by atoms with Crippen molar-refractivity contribution in [1.29, 1.82) is 0 Å². The number of carbonyl (C=O) groups excluding carboxylic acids is 2. The number of hydrogen-bond donors (Lipinski definition) is 0. The third kappa shape index (κ3) is 8.57. The average Bonchev–Trinajstić information content (AvgIpc) is 3.37. The molecule has 1 aliphatic heterocycles. The summed E-state index contributed by atoms with van der Waals surface area (Å²) < 4.78 is 32.5. The van der Waals surface area contributed by atoms with Crippen molar-refractivity contribution >= 4 is 90.5 Å². The van der Waals surface area contributed by atoms with Crippen LogP contribution in [0, 0.1) is 7.14 Å². The third-order valence-electron chi connectivity index (χ3n) is 7.29. The summed E-state index contributed by atoms with van der Waals surface area (Å²) in [7, 11) is 1.27. The fourth-order valence-corrected chi connectivity index (χ4v) is 8.25. The van der Waals surface area contributed by atoms with Gasteiger partial charge in [-0.3, -0.25) is 9.36 Å². The monoisotopic (exact) mass is 972 g/mol. The molecule has 0 N–H and O–H groups in total. The number of methoxy groups -OCH3 is 1. The van der Waals surface area contributed by atoms with E-state index in [-0.39, 0.29) is 24.3 Å². The quantitative estimate of drug-likeness (QED) is 0.120. The molecule has 0 bridgehead atoms. The number of nitrogens with zero attached hydrogens (tertiary/aromatic N) is 2. The van der Waals surface area contributed by atoms with Crippen LogP contribution in [0.3, 0.4) is 0 Å². The summed E-state index contributed by atoms with van der Waals surface area (Å²) in [6, 6.07) is 16.2. The van der Waals surface area contributed by atoms with Crippen LogP contribution in [0.25, 0.3) is 6.08 Å². The number of halogens is 3. The summed E-state index contributed by atoms with van der Waals surface area (Å²) in [4.78, 5) is 44.4. The molecule has 4 aromatic rings. The van der Waals surface area contributed by atoms with Gasteiger partial charge >= 0.3 is 11.9 Å². The lowest BCUT2D eigenvalue weighted by molar-refractivity contribution is -0.143. The first kappa shape index (κ1) is 37.0. The fourth-order valence-electron chi connectivity index (χ4n) is 5.07. The summed E-state index contributed by atoms with van der Waals surface area (Å²) in [5.41, 5.74) is 2.76. The van der Waals surface area contributed by atoms with Gasteiger partial charge < -0.3 is 23.7 Å². The van der Waals surface area contributed by atoms with Crippen molar-refractivity contribution in [2.45, 2.75) is 33.4 Å². The molecule has 0 saturated heterocycles. The zero-order valence-corrected chi connectivity index (χ0v) is 33.6. The molecule has 0 radical (unpaired) electrons. The number of hydrogen-bond acceptors (Lipinski definition) is 10. The molecular formula is C35H31BrI2N2O8S. The molecule has 10 nitrogen and oxygen atoms in total. The number of rotatable bonds is 12. The lowest BCUT2D eigenvalue weighted by atomic mass is 9.95. The zero-order chi connectivity index (χ0) is 35.2. The van der Waals surface area contributed by atoms with Crippen molar-refractivity contribution in [3.05, 3.63) is 114 Å². The van der Waals surface area contributed by atoms with Crippen LogP contribution in [0.2, 0.25) is 0 Å². The molecule has 0 saturated carbocycles. The fraction of sp³-hybridized carbons (Fsp3) is 0.257. The molecule has 0 fully saturated rings. The zero-order valence-electron chi connectivity index (χ0n) is 26.9. The third-order valence-corrected chi connectivity index (χ3v) is 10.4. The van der Waals surface area contributed by atoms with E-state index >= 15 is 0 Å². The van der Waals surface area contributed by atoms with E-state index in [1.807, 2.05) is 43.3 Å². The molecule has 1 aromatic heterocycles. The summed E-state index contributed by atoms with van der Waals surface area (Å²) >= 11 is 9.37. The van der Waals surface area contributed by atoms with E-state index in [0.29, 0.717) is 51.1 Å². The van der Waals surface area contributed by atoms with E-state index in [2.05, 4.69) is 66.1 Å². The molecular weight excluding hydrogens is 942 g/mol. The van der Waals surface area contributed by atoms with Crippen molar-refractivity contribution in [1.82, 2.24) is 4.57 Å². The predicted octanol–water partition coefficient (Wildman–Crippen LogP) is 6.30. The van der Waals surface area contributed by atoms with Crippen LogP contribution >= 0.6 is 72.4 Å². The van der Waals surface area contributed by atoms with Gasteiger partial charge in [-0.15, -0.1) is 0 Å². The van der Waals surface area contributed by atoms with E-state index in [1.165, 1.54) is 23.0 Å². The standard InChI is InChI=1S/C35H31BrI2N2O8S/c1-5-45-27-16-22(9-12-26(27)47-18-29(41)44-4)31-30(34(43)46-6-2)19(3)39-35-40(31)33(42)28(49-35)15-21-13-24(36)32(25(38)14-21)48-17-20-7-10-23(37)11-8-20/h7-16,31H,5-6,17-18H2,1-4H3/b28-15-/t31-/m1/s1. The molecule has 14 heteroatoms. The van der Waals surface area contributed by atoms with Crippen molar-refractivity contribution in [2.75, 3.05) is 26.9 Å². The van der Waals surface area contributed by atoms with Gasteiger partial charge in [0.25, 0.3) is 5.56 Å². The van der Waals surface area contributed by atoms with Gasteiger partial charge in [-0.05, 0) is 141 Å². The molecule has 0 unspecified atom stereocenters. The van der Waals surface area contributed by atoms with Crippen molar-refractivity contribution in [3.63, 3.8) is 0 Å². The largest absolute Gasteiger partial charge is 0.490 e. The molecule has 5 rings (SSSR count). The number of carbonyl (C=O) groups is 2. The van der Waals surface area contributed by atoms with Crippen LogP contribution in [-0.4, -0.2) is 43.4 Å². The first-order chi connectivity index (χ1) is 23.5. The summed E-state index contributed by atoms with van der Waals surface area (Å²) in [5, 5.41) is 0. The minimum absolute atomic E-state index is 0.148. The Kier molecular flexibility index (Phi) is 12.6. The van der Waals surface area contributed by atoms with E-state index < -0.39 is 18.0 Å². The Morgan fingerprint density at radius 3 is 2.43 bits per heavy atom. The van der Waals surface area contributed by atoms with E-state index in [1.54, 1.807) is 38.1 Å². The first-order valence-corrected chi connectivity index (χ1v) is 18.8. The maximum Gasteiger partial charge on any atom is 0.343 e. The van der Waals surface area contributed by atoms with Gasteiger partial charge in [0.1, 0.15) is 12.4 Å². The number of benzene rings is 3. The molecule has 1 atom stereocenters. The lowest BCUT2D eigenvalue weighted by Crippen LogP contribution is -2.40. The number of fused-ring (bicyclic) bond motifs is 1. The number of ether oxygens (including phenoxy) is 5. The van der Waals surface area contributed by atoms with Crippen LogP contribution in [0.1, 0.15) is 43.5 Å². The van der Waals surface area contributed by atoms with Crippen LogP contribution in [0.4, 0.5) is 0 Å². The Balaban J connectivity index is 1.56. The van der Waals surface area contributed by atoms with E-state index in [9.17, 15) is 14.4 Å². The van der Waals surface area contributed by atoms with Crippen LogP contribution in [0.5, 0.6) is 17.2 Å². The molecule has 2 heterocycles. The smallest absolute Gasteiger partial charge is 0.343 e. The Morgan fingerprint density at radius 1 is 1.00 bits per heavy atom. The normalized spacial score (nSPS) is 14.2. The number of esters is 2. The molecule has 49 heavy (non-hydrogen) atoms. The molecule has 256 valence electrons. The first-order valence-electron chi connectivity index (χ1n) is 15.1. The Labute approximate surface area is 322 Å². The minimum Gasteiger partial charge on any atom is -0.490 e. The van der Waals surface area contributed by atoms with Gasteiger partial charge in [0.05, 0.1) is 50.2 Å². The summed E-state index contributed by atoms with van der Waals surface area (Å²) in [6.45, 7) is 5.82. The van der Waals surface area contributed by atoms with Crippen LogP contribution < -0.4 is 29.1 Å². The van der Waals surface area contributed by atoms with Gasteiger partial charge in [0.2, 0.25) is 0 Å². The van der Waals surface area contributed by atoms with Crippen molar-refractivity contribution in [3.8, 4) is 17.2 Å². The summed E-state index contributed by atoms with van der Waals surface area (Å²) in [5.74, 6) is 0.233. The van der Waals surface area contributed by atoms with Crippen LogP contribution in [-0.2, 0) is 25.7 Å². The maximum atomic E-state index is 14.2. The highest BCUT2D eigenvalue weighted by Gasteiger charge is 2.34. The maximum absolute atomic E-state index is 14.2. The molecule has 0 spiro atoms. The molecule has 0 amide bonds. The van der Waals surface area contributed by atoms with Gasteiger partial charge in [0.15, 0.2) is 22.9 Å². The van der Waals surface area contributed by atoms with Gasteiger partial charge in [-0.2, -0.15) is 0 Å². The summed E-state index contributed by atoms with van der Waals surface area (Å²) in [6.07, 6.45) is 1.80. The second-order valence-electron chi connectivity index (χ2n) is 10.5. The van der Waals surface area contributed by atoms with Gasteiger partial charge in [-0.25, -0.2) is 14.6 Å². The number of thiazole rings is 1. The average molecular weight is 973 g/mol. The molecule has 1 aliphatic rings. The van der Waals surface area contributed by atoms with E-state index in [4.69, 9.17) is 23.7 Å². The highest BCUT2D eigenvalue weighted by atomic mass is 127. The Hall–Kier alpha value is -3.22. The van der Waals surface area contributed by atoms with E-state index in [0.717, 1.165) is 22.7 Å². The Morgan fingerprint density at radius 2 is 1.76 bits per heavy atom. The SMILES string of the molecule is CCOC(=O)C1=C(C)N=c2s/c(=C\c3cc(Br)c(OCc4ccc(I)cc4)c(I)c3)c(=O)n2[C@@H]1c1ccc(OCC(=O)OC)c(OCC)c1. The molecule has 3 aromatic carbocycles. The van der Waals surface area contributed by atoms with Crippen LogP contribution in [0.15, 0.2) is 80.1 Å². The van der Waals surface area contributed by atoms with Crippen molar-refractivity contribution in [2.24, 2.45) is 4.99 Å². The Bertz CT molecular complexity index is 2090. The van der Waals surface area contributed by atoms with Crippen molar-refractivity contribution < 1.29 is 33.3 Å². The van der Waals surface area contributed by atoms with Gasteiger partial charge in [-0.1, -0.05) is 29.5 Å². The highest BCUT2D eigenvalue weighted by Crippen LogP contribution is 2.37. The topological polar surface area (TPSA) is 115 Å². The second kappa shape index (κ2) is 16.7.